The third kappa shape index (κ3) is 2.85. The molecule has 0 spiro atoms. The van der Waals surface area contributed by atoms with E-state index in [4.69, 9.17) is 0 Å². The number of alkyl halides is 5. The van der Waals surface area contributed by atoms with Gasteiger partial charge in [0.1, 0.15) is 12.1 Å². The number of hydrogen-bond donors (Lipinski definition) is 0. The fourth-order valence-electron chi connectivity index (χ4n) is 1.53. The van der Waals surface area contributed by atoms with Crippen LogP contribution in [-0.4, -0.2) is 35.0 Å². The predicted molar refractivity (Wildman–Crippen MR) is 54.0 cm³/mol. The molecule has 0 aromatic carbocycles. The summed E-state index contributed by atoms with van der Waals surface area (Å²) in [4.78, 5) is 11.3. The Labute approximate surface area is 105 Å². The molecule has 0 radical (unpaired) electrons. The van der Waals surface area contributed by atoms with Crippen LogP contribution < -0.4 is 0 Å². The van der Waals surface area contributed by atoms with E-state index in [1.807, 2.05) is 0 Å². The molecule has 0 aliphatic rings. The van der Waals surface area contributed by atoms with Crippen LogP contribution in [0.2, 0.25) is 0 Å². The minimum atomic E-state index is -5.68. The molecule has 0 saturated carbocycles. The number of hydrogen-bond acceptors (Lipinski definition) is 3. The summed E-state index contributed by atoms with van der Waals surface area (Å²) in [6.07, 6.45) is -5.68. The van der Waals surface area contributed by atoms with Gasteiger partial charge in [-0.1, -0.05) is 0 Å². The first-order valence-corrected chi connectivity index (χ1v) is 5.08. The first-order chi connectivity index (χ1) is 8.51. The maximum Gasteiger partial charge on any atom is 0.455 e. The van der Waals surface area contributed by atoms with Crippen molar-refractivity contribution in [1.82, 2.24) is 9.78 Å². The Hall–Kier alpha value is -1.67. The zero-order chi connectivity index (χ0) is 15.0. The summed E-state index contributed by atoms with van der Waals surface area (Å²) >= 11 is 0. The number of aryl methyl sites for hydroxylation is 1. The van der Waals surface area contributed by atoms with Gasteiger partial charge in [-0.05, 0) is 13.8 Å². The van der Waals surface area contributed by atoms with Crippen molar-refractivity contribution in [3.05, 3.63) is 17.0 Å². The van der Waals surface area contributed by atoms with E-state index in [9.17, 15) is 26.7 Å². The molecule has 9 heteroatoms. The molecule has 0 saturated heterocycles. The van der Waals surface area contributed by atoms with Crippen LogP contribution in [0.5, 0.6) is 0 Å². The van der Waals surface area contributed by atoms with Gasteiger partial charge in [-0.15, -0.1) is 0 Å². The molecule has 1 aromatic rings. The van der Waals surface area contributed by atoms with E-state index in [0.29, 0.717) is 4.68 Å². The van der Waals surface area contributed by atoms with Gasteiger partial charge in [-0.25, -0.2) is 4.79 Å². The van der Waals surface area contributed by atoms with Crippen LogP contribution in [0.15, 0.2) is 0 Å². The van der Waals surface area contributed by atoms with Gasteiger partial charge in [0.15, 0.2) is 0 Å². The molecule has 0 bridgehead atoms. The highest BCUT2D eigenvalue weighted by molar-refractivity contribution is 5.91. The summed E-state index contributed by atoms with van der Waals surface area (Å²) in [5.74, 6) is -5.76. The molecule has 0 aliphatic carbocycles. The number of carbonyl (C=O) groups excluding carboxylic acids is 1. The Kier molecular flexibility index (Phi) is 3.87. The lowest BCUT2D eigenvalue weighted by molar-refractivity contribution is -0.287. The second kappa shape index (κ2) is 4.78. The number of nitrogens with zero attached hydrogens (tertiary/aromatic N) is 2. The van der Waals surface area contributed by atoms with Gasteiger partial charge >= 0.3 is 18.1 Å². The molecule has 1 heterocycles. The van der Waals surface area contributed by atoms with Crippen LogP contribution >= 0.6 is 0 Å². The van der Waals surface area contributed by atoms with E-state index in [2.05, 4.69) is 9.84 Å². The van der Waals surface area contributed by atoms with Crippen molar-refractivity contribution in [2.75, 3.05) is 7.11 Å². The molecule has 0 aliphatic heterocycles. The van der Waals surface area contributed by atoms with E-state index in [1.54, 1.807) is 0 Å². The standard InChI is InChI=1S/C10H11F5N2O2/c1-5-7(8(18)19-3)6(2)17(16-5)4-9(11,12)10(13,14)15/h4H2,1-3H3. The molecule has 0 atom stereocenters. The minimum Gasteiger partial charge on any atom is -0.465 e. The lowest BCUT2D eigenvalue weighted by Crippen LogP contribution is -2.40. The van der Waals surface area contributed by atoms with Crippen LogP contribution in [0.1, 0.15) is 21.7 Å². The maximum absolute atomic E-state index is 12.9. The van der Waals surface area contributed by atoms with Gasteiger partial charge in [0.2, 0.25) is 0 Å². The molecule has 4 nitrogen and oxygen atoms in total. The number of carbonyl (C=O) groups is 1. The third-order valence-corrected chi connectivity index (χ3v) is 2.53. The molecule has 0 amide bonds. The van der Waals surface area contributed by atoms with E-state index in [-0.39, 0.29) is 17.0 Å². The van der Waals surface area contributed by atoms with Gasteiger partial charge in [-0.2, -0.15) is 27.1 Å². The predicted octanol–water partition coefficient (Wildman–Crippen LogP) is 2.48. The van der Waals surface area contributed by atoms with Crippen LogP contribution in [0.25, 0.3) is 0 Å². The minimum absolute atomic E-state index is 0.0299. The number of aromatic nitrogens is 2. The monoisotopic (exact) mass is 286 g/mol. The summed E-state index contributed by atoms with van der Waals surface area (Å²) in [6, 6.07) is 0. The normalized spacial score (nSPS) is 12.6. The summed E-state index contributed by atoms with van der Waals surface area (Å²) in [5, 5.41) is 3.51. The number of ether oxygens (including phenoxy) is 1. The summed E-state index contributed by atoms with van der Waals surface area (Å²) < 4.78 is 67.0. The van der Waals surface area contributed by atoms with E-state index in [1.165, 1.54) is 13.8 Å². The smallest absolute Gasteiger partial charge is 0.455 e. The van der Waals surface area contributed by atoms with E-state index >= 15 is 0 Å². The average Bonchev–Trinajstić information content (AvgIpc) is 2.51. The molecule has 0 unspecified atom stereocenters. The Bertz CT molecular complexity index is 493. The zero-order valence-corrected chi connectivity index (χ0v) is 10.3. The van der Waals surface area contributed by atoms with Crippen molar-refractivity contribution >= 4 is 5.97 Å². The van der Waals surface area contributed by atoms with Crippen molar-refractivity contribution in [2.24, 2.45) is 0 Å². The van der Waals surface area contributed by atoms with Gasteiger partial charge in [0.25, 0.3) is 0 Å². The molecular formula is C10H11F5N2O2. The highest BCUT2D eigenvalue weighted by atomic mass is 19.4. The largest absolute Gasteiger partial charge is 0.465 e. The highest BCUT2D eigenvalue weighted by Crippen LogP contribution is 2.37. The molecule has 0 N–H and O–H groups in total. The fraction of sp³-hybridized carbons (Fsp3) is 0.600. The summed E-state index contributed by atoms with van der Waals surface area (Å²) in [7, 11) is 1.07. The molecular weight excluding hydrogens is 275 g/mol. The van der Waals surface area contributed by atoms with Crippen molar-refractivity contribution in [3.8, 4) is 0 Å². The van der Waals surface area contributed by atoms with Crippen LogP contribution in [0.4, 0.5) is 22.0 Å². The Balaban J connectivity index is 3.15. The fourth-order valence-corrected chi connectivity index (χ4v) is 1.53. The van der Waals surface area contributed by atoms with Crippen molar-refractivity contribution in [3.63, 3.8) is 0 Å². The molecule has 108 valence electrons. The van der Waals surface area contributed by atoms with Gasteiger partial charge in [-0.3, -0.25) is 4.68 Å². The van der Waals surface area contributed by atoms with E-state index in [0.717, 1.165) is 7.11 Å². The highest BCUT2D eigenvalue weighted by Gasteiger charge is 2.58. The second-order valence-electron chi connectivity index (χ2n) is 3.90. The number of esters is 1. The molecule has 1 rings (SSSR count). The Morgan fingerprint density at radius 1 is 1.26 bits per heavy atom. The topological polar surface area (TPSA) is 44.1 Å². The van der Waals surface area contributed by atoms with Crippen LogP contribution in [-0.2, 0) is 11.3 Å². The van der Waals surface area contributed by atoms with Gasteiger partial charge < -0.3 is 4.74 Å². The first kappa shape index (κ1) is 15.4. The molecule has 19 heavy (non-hydrogen) atoms. The van der Waals surface area contributed by atoms with E-state index < -0.39 is 24.6 Å². The SMILES string of the molecule is COC(=O)c1c(C)nn(CC(F)(F)C(F)(F)F)c1C. The molecule has 0 fully saturated rings. The number of halogens is 5. The van der Waals surface area contributed by atoms with Crippen molar-refractivity contribution in [1.29, 1.82) is 0 Å². The Morgan fingerprint density at radius 2 is 1.79 bits per heavy atom. The summed E-state index contributed by atoms with van der Waals surface area (Å²) in [5.41, 5.74) is -0.184. The second-order valence-corrected chi connectivity index (χ2v) is 3.90. The number of methoxy groups -OCH3 is 1. The van der Waals surface area contributed by atoms with Crippen LogP contribution in [0, 0.1) is 13.8 Å². The van der Waals surface area contributed by atoms with Crippen molar-refractivity contribution in [2.45, 2.75) is 32.5 Å². The van der Waals surface area contributed by atoms with Gasteiger partial charge in [0, 0.05) is 0 Å². The number of rotatable bonds is 3. The zero-order valence-electron chi connectivity index (χ0n) is 10.3. The summed E-state index contributed by atoms with van der Waals surface area (Å²) in [6.45, 7) is 0.861. The van der Waals surface area contributed by atoms with Crippen molar-refractivity contribution < 1.29 is 31.5 Å². The van der Waals surface area contributed by atoms with Crippen LogP contribution in [0.3, 0.4) is 0 Å². The first-order valence-electron chi connectivity index (χ1n) is 5.08. The lowest BCUT2D eigenvalue weighted by Gasteiger charge is -2.20. The third-order valence-electron chi connectivity index (χ3n) is 2.53. The quantitative estimate of drug-likeness (QED) is 0.633. The lowest BCUT2D eigenvalue weighted by atomic mass is 10.2. The average molecular weight is 286 g/mol. The van der Waals surface area contributed by atoms with Gasteiger partial charge in [0.05, 0.1) is 18.5 Å². The molecule has 1 aromatic heterocycles. The maximum atomic E-state index is 12.9. The Morgan fingerprint density at radius 3 is 2.21 bits per heavy atom.